The van der Waals surface area contributed by atoms with E-state index in [9.17, 15) is 13.5 Å². The zero-order valence-corrected chi connectivity index (χ0v) is 12.3. The molecule has 1 aliphatic rings. The van der Waals surface area contributed by atoms with Crippen LogP contribution in [0.25, 0.3) is 0 Å². The first-order valence-corrected chi connectivity index (χ1v) is 8.57. The van der Waals surface area contributed by atoms with Crippen molar-refractivity contribution in [2.45, 2.75) is 43.0 Å². The lowest BCUT2D eigenvalue weighted by Crippen LogP contribution is -2.38. The van der Waals surface area contributed by atoms with Gasteiger partial charge in [0.2, 0.25) is 10.0 Å². The molecule has 3 N–H and O–H groups in total. The fourth-order valence-electron chi connectivity index (χ4n) is 2.85. The zero-order chi connectivity index (χ0) is 14.6. The van der Waals surface area contributed by atoms with E-state index in [4.69, 9.17) is 5.14 Å². The van der Waals surface area contributed by atoms with Crippen molar-refractivity contribution in [2.24, 2.45) is 5.14 Å². The number of hydrogen-bond donors (Lipinski definition) is 2. The second-order valence-electron chi connectivity index (χ2n) is 5.25. The van der Waals surface area contributed by atoms with Crippen LogP contribution >= 0.6 is 0 Å². The molecule has 0 heterocycles. The number of hydrogen-bond acceptors (Lipinski definition) is 4. The third kappa shape index (κ3) is 3.71. The molecule has 1 aliphatic carbocycles. The first-order valence-electron chi connectivity index (χ1n) is 7.03. The first kappa shape index (κ1) is 15.3. The number of aliphatic hydroxyl groups is 1. The summed E-state index contributed by atoms with van der Waals surface area (Å²) >= 11 is 0. The molecule has 0 aromatic heterocycles. The van der Waals surface area contributed by atoms with Gasteiger partial charge in [-0.25, -0.2) is 13.6 Å². The van der Waals surface area contributed by atoms with Crippen LogP contribution in [-0.4, -0.2) is 32.7 Å². The van der Waals surface area contributed by atoms with Gasteiger partial charge < -0.3 is 10.0 Å². The molecule has 0 unspecified atom stereocenters. The minimum absolute atomic E-state index is 0.0907. The third-order valence-corrected chi connectivity index (χ3v) is 4.78. The smallest absolute Gasteiger partial charge is 0.238 e. The summed E-state index contributed by atoms with van der Waals surface area (Å²) in [7, 11) is -3.65. The number of primary sulfonamides is 1. The van der Waals surface area contributed by atoms with Crippen LogP contribution in [0.15, 0.2) is 29.2 Å². The maximum absolute atomic E-state index is 11.3. The number of sulfonamides is 1. The highest BCUT2D eigenvalue weighted by atomic mass is 32.2. The van der Waals surface area contributed by atoms with Crippen LogP contribution in [-0.2, 0) is 10.0 Å². The SMILES string of the molecule is NS(=O)(=O)c1ccc(N(CCO)C2CCCCC2)cc1. The van der Waals surface area contributed by atoms with Crippen molar-refractivity contribution in [1.82, 2.24) is 0 Å². The van der Waals surface area contributed by atoms with Gasteiger partial charge in [0.1, 0.15) is 0 Å². The normalized spacial score (nSPS) is 17.1. The van der Waals surface area contributed by atoms with Crippen LogP contribution in [0.4, 0.5) is 5.69 Å². The number of nitrogens with two attached hydrogens (primary N) is 1. The number of aliphatic hydroxyl groups excluding tert-OH is 1. The summed E-state index contributed by atoms with van der Waals surface area (Å²) in [6.07, 6.45) is 5.94. The Morgan fingerprint density at radius 2 is 1.75 bits per heavy atom. The van der Waals surface area contributed by atoms with E-state index in [0.717, 1.165) is 18.5 Å². The van der Waals surface area contributed by atoms with Crippen molar-refractivity contribution in [3.05, 3.63) is 24.3 Å². The van der Waals surface area contributed by atoms with E-state index in [2.05, 4.69) is 4.90 Å². The summed E-state index contributed by atoms with van der Waals surface area (Å²) in [5.41, 5.74) is 0.943. The Morgan fingerprint density at radius 1 is 1.15 bits per heavy atom. The number of rotatable bonds is 5. The van der Waals surface area contributed by atoms with Gasteiger partial charge in [0.15, 0.2) is 0 Å². The molecule has 0 amide bonds. The number of anilines is 1. The molecule has 6 heteroatoms. The van der Waals surface area contributed by atoms with E-state index >= 15 is 0 Å². The Bertz CT molecular complexity index is 522. The summed E-state index contributed by atoms with van der Waals surface area (Å²) < 4.78 is 22.5. The number of benzene rings is 1. The summed E-state index contributed by atoms with van der Waals surface area (Å²) in [5.74, 6) is 0. The highest BCUT2D eigenvalue weighted by molar-refractivity contribution is 7.89. The van der Waals surface area contributed by atoms with Gasteiger partial charge >= 0.3 is 0 Å². The minimum Gasteiger partial charge on any atom is -0.395 e. The maximum atomic E-state index is 11.3. The van der Waals surface area contributed by atoms with Crippen molar-refractivity contribution in [3.63, 3.8) is 0 Å². The van der Waals surface area contributed by atoms with Gasteiger partial charge in [0, 0.05) is 18.3 Å². The molecule has 0 saturated heterocycles. The van der Waals surface area contributed by atoms with E-state index in [1.165, 1.54) is 31.4 Å². The van der Waals surface area contributed by atoms with Gasteiger partial charge in [-0.3, -0.25) is 0 Å². The maximum Gasteiger partial charge on any atom is 0.238 e. The number of nitrogens with zero attached hydrogens (tertiary/aromatic N) is 1. The Hall–Kier alpha value is -1.11. The summed E-state index contributed by atoms with van der Waals surface area (Å²) in [6.45, 7) is 0.660. The Balaban J connectivity index is 2.20. The fourth-order valence-corrected chi connectivity index (χ4v) is 3.37. The summed E-state index contributed by atoms with van der Waals surface area (Å²) in [4.78, 5) is 2.29. The van der Waals surface area contributed by atoms with Crippen molar-refractivity contribution in [3.8, 4) is 0 Å². The van der Waals surface area contributed by atoms with Gasteiger partial charge in [0.25, 0.3) is 0 Å². The molecule has 0 atom stereocenters. The molecule has 0 aliphatic heterocycles. The molecular weight excluding hydrogens is 276 g/mol. The van der Waals surface area contributed by atoms with Crippen molar-refractivity contribution in [2.75, 3.05) is 18.1 Å². The minimum atomic E-state index is -3.65. The second kappa shape index (κ2) is 6.56. The van der Waals surface area contributed by atoms with Gasteiger partial charge in [0.05, 0.1) is 11.5 Å². The van der Waals surface area contributed by atoms with E-state index in [1.54, 1.807) is 12.1 Å². The molecule has 1 aromatic carbocycles. The topological polar surface area (TPSA) is 83.6 Å². The van der Waals surface area contributed by atoms with Crippen molar-refractivity contribution >= 4 is 15.7 Å². The molecular formula is C14H22N2O3S. The zero-order valence-electron chi connectivity index (χ0n) is 11.5. The molecule has 0 radical (unpaired) electrons. The predicted octanol–water partition coefficient (Wildman–Crippen LogP) is 1.47. The quantitative estimate of drug-likeness (QED) is 0.862. The molecule has 5 nitrogen and oxygen atoms in total. The highest BCUT2D eigenvalue weighted by Gasteiger charge is 2.21. The van der Waals surface area contributed by atoms with Crippen LogP contribution in [0.5, 0.6) is 0 Å². The van der Waals surface area contributed by atoms with E-state index in [-0.39, 0.29) is 11.5 Å². The first-order chi connectivity index (χ1) is 9.52. The van der Waals surface area contributed by atoms with E-state index in [0.29, 0.717) is 12.6 Å². The average molecular weight is 298 g/mol. The Kier molecular flexibility index (Phi) is 5.01. The molecule has 0 bridgehead atoms. The summed E-state index contributed by atoms with van der Waals surface area (Å²) in [5, 5.41) is 14.4. The van der Waals surface area contributed by atoms with Crippen LogP contribution in [0.2, 0.25) is 0 Å². The molecule has 20 heavy (non-hydrogen) atoms. The Morgan fingerprint density at radius 3 is 2.25 bits per heavy atom. The lowest BCUT2D eigenvalue weighted by atomic mass is 9.94. The third-order valence-electron chi connectivity index (χ3n) is 3.85. The van der Waals surface area contributed by atoms with Gasteiger partial charge in [-0.15, -0.1) is 0 Å². The largest absolute Gasteiger partial charge is 0.395 e. The molecule has 1 fully saturated rings. The van der Waals surface area contributed by atoms with E-state index < -0.39 is 10.0 Å². The monoisotopic (exact) mass is 298 g/mol. The summed E-state index contributed by atoms with van der Waals surface area (Å²) in [6, 6.07) is 7.01. The van der Waals surface area contributed by atoms with E-state index in [1.807, 2.05) is 0 Å². The van der Waals surface area contributed by atoms with Crippen LogP contribution < -0.4 is 10.0 Å². The highest BCUT2D eigenvalue weighted by Crippen LogP contribution is 2.27. The van der Waals surface area contributed by atoms with Crippen molar-refractivity contribution < 1.29 is 13.5 Å². The second-order valence-corrected chi connectivity index (χ2v) is 6.81. The van der Waals surface area contributed by atoms with Gasteiger partial charge in [-0.2, -0.15) is 0 Å². The Labute approximate surface area is 120 Å². The average Bonchev–Trinajstić information content (AvgIpc) is 2.45. The van der Waals surface area contributed by atoms with Crippen LogP contribution in [0.1, 0.15) is 32.1 Å². The lowest BCUT2D eigenvalue weighted by Gasteiger charge is -2.35. The molecule has 2 rings (SSSR count). The standard InChI is InChI=1S/C14H22N2O3S/c15-20(18,19)14-8-6-13(7-9-14)16(10-11-17)12-4-2-1-3-5-12/h6-9,12,17H,1-5,10-11H2,(H2,15,18,19). The van der Waals surface area contributed by atoms with Gasteiger partial charge in [-0.05, 0) is 37.1 Å². The van der Waals surface area contributed by atoms with Gasteiger partial charge in [-0.1, -0.05) is 19.3 Å². The molecule has 112 valence electrons. The molecule has 1 saturated carbocycles. The lowest BCUT2D eigenvalue weighted by molar-refractivity contribution is 0.290. The van der Waals surface area contributed by atoms with Crippen LogP contribution in [0.3, 0.4) is 0 Å². The predicted molar refractivity (Wildman–Crippen MR) is 79.1 cm³/mol. The fraction of sp³-hybridized carbons (Fsp3) is 0.571. The molecule has 1 aromatic rings. The molecule has 0 spiro atoms. The van der Waals surface area contributed by atoms with Crippen molar-refractivity contribution in [1.29, 1.82) is 0 Å². The van der Waals surface area contributed by atoms with Crippen LogP contribution in [0, 0.1) is 0 Å².